The number of esters is 1. The molecule has 0 amide bonds. The van der Waals surface area contributed by atoms with E-state index in [2.05, 4.69) is 11.3 Å². The second-order valence-corrected chi connectivity index (χ2v) is 3.82. The van der Waals surface area contributed by atoms with Gasteiger partial charge in [-0.25, -0.2) is 0 Å². The number of ether oxygens (including phenoxy) is 1. The van der Waals surface area contributed by atoms with Crippen LogP contribution in [-0.4, -0.2) is 11.8 Å². The number of carbonyl (C=O) groups is 2. The first-order chi connectivity index (χ1) is 8.70. The van der Waals surface area contributed by atoms with Gasteiger partial charge >= 0.3 is 5.97 Å². The van der Waals surface area contributed by atoms with Crippen molar-refractivity contribution in [1.82, 2.24) is 0 Å². The number of hydrogen-bond donors (Lipinski definition) is 0. The first kappa shape index (κ1) is 12.0. The number of ketones is 1. The molecule has 3 nitrogen and oxygen atoms in total. The minimum absolute atomic E-state index is 0.257. The summed E-state index contributed by atoms with van der Waals surface area (Å²) in [4.78, 5) is 23.0. The first-order valence-electron chi connectivity index (χ1n) is 5.53. The van der Waals surface area contributed by atoms with E-state index in [1.165, 1.54) is 0 Å². The third-order valence-corrected chi connectivity index (χ3v) is 2.59. The normalized spacial score (nSPS) is 10.0. The lowest BCUT2D eigenvalue weighted by Crippen LogP contribution is -2.08. The second kappa shape index (κ2) is 5.27. The van der Waals surface area contributed by atoms with Crippen molar-refractivity contribution < 1.29 is 14.3 Å². The van der Waals surface area contributed by atoms with E-state index in [1.807, 2.05) is 30.3 Å². The van der Waals surface area contributed by atoms with Gasteiger partial charge in [-0.15, -0.1) is 0 Å². The summed E-state index contributed by atoms with van der Waals surface area (Å²) >= 11 is 0. The number of Topliss-reactive ketones (excluding diaryl/α,β-unsaturated/α-hetero) is 1. The van der Waals surface area contributed by atoms with Crippen LogP contribution in [0.2, 0.25) is 0 Å². The zero-order chi connectivity index (χ0) is 13.0. The molecular formula is C15H12O3. The van der Waals surface area contributed by atoms with Crippen LogP contribution >= 0.6 is 0 Å². The standard InChI is InChI=1S/C15H12O3/c1-2-18-15(17)10-14(16)13-8-7-11-5-3-4-6-12(11)9-13/h2-9H,1,10H2. The molecule has 0 bridgehead atoms. The number of carbonyl (C=O) groups excluding carboxylic acids is 2. The Bertz CT molecular complexity index is 614. The van der Waals surface area contributed by atoms with Gasteiger partial charge in [0.1, 0.15) is 6.42 Å². The quantitative estimate of drug-likeness (QED) is 0.357. The molecule has 0 aromatic heterocycles. The molecule has 0 radical (unpaired) electrons. The summed E-state index contributed by atoms with van der Waals surface area (Å²) < 4.78 is 4.53. The highest BCUT2D eigenvalue weighted by molar-refractivity contribution is 6.07. The van der Waals surface area contributed by atoms with Crippen molar-refractivity contribution in [3.05, 3.63) is 60.9 Å². The molecule has 0 atom stereocenters. The maximum atomic E-state index is 11.8. The lowest BCUT2D eigenvalue weighted by molar-refractivity contribution is -0.136. The van der Waals surface area contributed by atoms with E-state index in [1.54, 1.807) is 12.1 Å². The SMILES string of the molecule is C=COC(=O)CC(=O)c1ccc2ccccc2c1. The van der Waals surface area contributed by atoms with Gasteiger partial charge < -0.3 is 4.74 Å². The van der Waals surface area contributed by atoms with Gasteiger partial charge in [0.25, 0.3) is 0 Å². The molecule has 0 unspecified atom stereocenters. The minimum Gasteiger partial charge on any atom is -0.435 e. The molecule has 2 aromatic carbocycles. The number of benzene rings is 2. The fourth-order valence-corrected chi connectivity index (χ4v) is 1.73. The van der Waals surface area contributed by atoms with Crippen LogP contribution in [0.3, 0.4) is 0 Å². The van der Waals surface area contributed by atoms with Crippen LogP contribution in [0.1, 0.15) is 16.8 Å². The highest BCUT2D eigenvalue weighted by Gasteiger charge is 2.12. The average Bonchev–Trinajstić information content (AvgIpc) is 2.38. The van der Waals surface area contributed by atoms with Gasteiger partial charge in [0.05, 0.1) is 6.26 Å². The van der Waals surface area contributed by atoms with Crippen molar-refractivity contribution in [2.24, 2.45) is 0 Å². The Morgan fingerprint density at radius 3 is 2.56 bits per heavy atom. The van der Waals surface area contributed by atoms with Crippen molar-refractivity contribution in [2.75, 3.05) is 0 Å². The van der Waals surface area contributed by atoms with Crippen molar-refractivity contribution in [1.29, 1.82) is 0 Å². The van der Waals surface area contributed by atoms with Gasteiger partial charge in [0.15, 0.2) is 5.78 Å². The second-order valence-electron chi connectivity index (χ2n) is 3.82. The number of rotatable bonds is 4. The van der Waals surface area contributed by atoms with Crippen LogP contribution in [0.4, 0.5) is 0 Å². The molecule has 0 N–H and O–H groups in total. The summed E-state index contributed by atoms with van der Waals surface area (Å²) in [5.41, 5.74) is 0.509. The molecule has 0 saturated carbocycles. The summed E-state index contributed by atoms with van der Waals surface area (Å²) in [5, 5.41) is 2.03. The number of fused-ring (bicyclic) bond motifs is 1. The maximum Gasteiger partial charge on any atom is 0.318 e. The molecule has 0 aliphatic heterocycles. The predicted molar refractivity (Wildman–Crippen MR) is 69.2 cm³/mol. The zero-order valence-electron chi connectivity index (χ0n) is 9.76. The highest BCUT2D eigenvalue weighted by Crippen LogP contribution is 2.16. The summed E-state index contributed by atoms with van der Waals surface area (Å²) in [6.45, 7) is 3.27. The molecule has 2 aromatic rings. The Balaban J connectivity index is 2.23. The van der Waals surface area contributed by atoms with Crippen molar-refractivity contribution in [3.63, 3.8) is 0 Å². The first-order valence-corrected chi connectivity index (χ1v) is 5.53. The largest absolute Gasteiger partial charge is 0.435 e. The van der Waals surface area contributed by atoms with Gasteiger partial charge in [-0.05, 0) is 16.8 Å². The van der Waals surface area contributed by atoms with E-state index in [0.29, 0.717) is 5.56 Å². The van der Waals surface area contributed by atoms with E-state index in [0.717, 1.165) is 17.0 Å². The Morgan fingerprint density at radius 2 is 1.83 bits per heavy atom. The Labute approximate surface area is 105 Å². The molecule has 3 heteroatoms. The van der Waals surface area contributed by atoms with Crippen LogP contribution in [0, 0.1) is 0 Å². The lowest BCUT2D eigenvalue weighted by Gasteiger charge is -2.02. The molecule has 0 aliphatic carbocycles. The fourth-order valence-electron chi connectivity index (χ4n) is 1.73. The van der Waals surface area contributed by atoms with E-state index >= 15 is 0 Å². The molecule has 0 spiro atoms. The summed E-state index contributed by atoms with van der Waals surface area (Å²) in [5.74, 6) is -0.851. The zero-order valence-corrected chi connectivity index (χ0v) is 9.76. The third kappa shape index (κ3) is 2.63. The Morgan fingerprint density at radius 1 is 1.11 bits per heavy atom. The Kier molecular flexibility index (Phi) is 3.53. The van der Waals surface area contributed by atoms with E-state index in [9.17, 15) is 9.59 Å². The summed E-state index contributed by atoms with van der Waals surface area (Å²) in [6.07, 6.45) is 0.750. The molecule has 90 valence electrons. The molecule has 0 fully saturated rings. The third-order valence-electron chi connectivity index (χ3n) is 2.59. The fraction of sp³-hybridized carbons (Fsp3) is 0.0667. The van der Waals surface area contributed by atoms with Crippen molar-refractivity contribution in [3.8, 4) is 0 Å². The van der Waals surface area contributed by atoms with Crippen LogP contribution < -0.4 is 0 Å². The average molecular weight is 240 g/mol. The van der Waals surface area contributed by atoms with Crippen LogP contribution in [0.5, 0.6) is 0 Å². The van der Waals surface area contributed by atoms with Gasteiger partial charge in [-0.3, -0.25) is 9.59 Å². The molecule has 0 saturated heterocycles. The van der Waals surface area contributed by atoms with Gasteiger partial charge in [-0.2, -0.15) is 0 Å². The van der Waals surface area contributed by atoms with Gasteiger partial charge in [0.2, 0.25) is 0 Å². The summed E-state index contributed by atoms with van der Waals surface area (Å²) in [7, 11) is 0. The maximum absolute atomic E-state index is 11.8. The molecule has 18 heavy (non-hydrogen) atoms. The van der Waals surface area contributed by atoms with Crippen LogP contribution in [0.25, 0.3) is 10.8 Å². The smallest absolute Gasteiger partial charge is 0.318 e. The van der Waals surface area contributed by atoms with E-state index in [-0.39, 0.29) is 12.2 Å². The molecule has 0 aliphatic rings. The number of hydrogen-bond acceptors (Lipinski definition) is 3. The minimum atomic E-state index is -0.594. The summed E-state index contributed by atoms with van der Waals surface area (Å²) in [6, 6.07) is 13.1. The molecule has 2 rings (SSSR count). The molecular weight excluding hydrogens is 228 g/mol. The van der Waals surface area contributed by atoms with Crippen molar-refractivity contribution >= 4 is 22.5 Å². The lowest BCUT2D eigenvalue weighted by atomic mass is 10.0. The van der Waals surface area contributed by atoms with E-state index < -0.39 is 5.97 Å². The highest BCUT2D eigenvalue weighted by atomic mass is 16.5. The van der Waals surface area contributed by atoms with E-state index in [4.69, 9.17) is 0 Å². The Hall–Kier alpha value is -2.42. The predicted octanol–water partition coefficient (Wildman–Crippen LogP) is 3.10. The van der Waals surface area contributed by atoms with Crippen LogP contribution in [-0.2, 0) is 9.53 Å². The van der Waals surface area contributed by atoms with Gasteiger partial charge in [0, 0.05) is 5.56 Å². The van der Waals surface area contributed by atoms with Crippen molar-refractivity contribution in [2.45, 2.75) is 6.42 Å². The van der Waals surface area contributed by atoms with Gasteiger partial charge in [-0.1, -0.05) is 43.0 Å². The molecule has 0 heterocycles. The topological polar surface area (TPSA) is 43.4 Å². The van der Waals surface area contributed by atoms with Crippen LogP contribution in [0.15, 0.2) is 55.3 Å². The monoisotopic (exact) mass is 240 g/mol.